The Hall–Kier alpha value is -3.33. The second-order valence-corrected chi connectivity index (χ2v) is 8.80. The van der Waals surface area contributed by atoms with Crippen LogP contribution in [0.3, 0.4) is 0 Å². The van der Waals surface area contributed by atoms with Crippen LogP contribution in [-0.2, 0) is 12.8 Å². The molecule has 0 saturated carbocycles. The van der Waals surface area contributed by atoms with E-state index in [9.17, 15) is 9.90 Å². The zero-order valence-corrected chi connectivity index (χ0v) is 20.0. The number of aryl methyl sites for hydroxylation is 3. The van der Waals surface area contributed by atoms with Crippen molar-refractivity contribution in [1.82, 2.24) is 9.66 Å². The fourth-order valence-corrected chi connectivity index (χ4v) is 4.83. The quantitative estimate of drug-likeness (QED) is 0.398. The fraction of sp³-hybridized carbons (Fsp3) is 0.292. The summed E-state index contributed by atoms with van der Waals surface area (Å²) in [5.41, 5.74) is 2.42. The van der Waals surface area contributed by atoms with Gasteiger partial charge in [0, 0.05) is 29.0 Å². The van der Waals surface area contributed by atoms with Gasteiger partial charge >= 0.3 is 0 Å². The van der Waals surface area contributed by atoms with Crippen LogP contribution in [-0.4, -0.2) is 35.2 Å². The maximum Gasteiger partial charge on any atom is 0.282 e. The first-order valence-electron chi connectivity index (χ1n) is 10.6. The molecular weight excluding hydrogens is 490 g/mol. The lowest BCUT2D eigenvalue weighted by molar-refractivity contribution is 0.355. The Kier molecular flexibility index (Phi) is 5.36. The highest BCUT2D eigenvalue weighted by molar-refractivity contribution is 9.10. The first-order chi connectivity index (χ1) is 15.9. The van der Waals surface area contributed by atoms with Gasteiger partial charge in [0.25, 0.3) is 5.56 Å². The number of hydrogen-bond acceptors (Lipinski definition) is 7. The number of methoxy groups -OCH3 is 2. The minimum absolute atomic E-state index is 0.0475. The number of rotatable bonds is 4. The van der Waals surface area contributed by atoms with Crippen LogP contribution in [0.25, 0.3) is 21.9 Å². The average Bonchev–Trinajstić information content (AvgIpc) is 3.18. The van der Waals surface area contributed by atoms with Crippen LogP contribution in [0.15, 0.2) is 37.0 Å². The van der Waals surface area contributed by atoms with Crippen molar-refractivity contribution in [3.05, 3.63) is 55.7 Å². The third kappa shape index (κ3) is 3.47. The van der Waals surface area contributed by atoms with Crippen molar-refractivity contribution in [2.24, 2.45) is 5.10 Å². The highest BCUT2D eigenvalue weighted by Gasteiger charge is 2.23. The number of fused-ring (bicyclic) bond motifs is 4. The SMILES string of the molecule is COc1cc2nc(C)n(/N=C/c3c(O)c(Br)cc4oc5c(c34)CCCC5)c(=O)c2cc1OC. The molecule has 33 heavy (non-hydrogen) atoms. The molecule has 4 aromatic rings. The standard InChI is InChI=1S/C24H22BrN3O5/c1-12-27-17-10-20(32-3)19(31-2)8-14(17)24(30)28(12)26-11-15-22-13-6-4-5-7-18(13)33-21(22)9-16(25)23(15)29/h8-11,29H,4-7H2,1-3H3/b26-11+. The number of phenols is 1. The monoisotopic (exact) mass is 511 g/mol. The zero-order valence-electron chi connectivity index (χ0n) is 18.4. The second kappa shape index (κ2) is 8.22. The molecule has 170 valence electrons. The van der Waals surface area contributed by atoms with Gasteiger partial charge in [0.1, 0.15) is 22.9 Å². The maximum absolute atomic E-state index is 13.3. The van der Waals surface area contributed by atoms with Crippen LogP contribution in [0, 0.1) is 6.92 Å². The van der Waals surface area contributed by atoms with Gasteiger partial charge < -0.3 is 19.0 Å². The summed E-state index contributed by atoms with van der Waals surface area (Å²) in [6, 6.07) is 5.03. The summed E-state index contributed by atoms with van der Waals surface area (Å²) in [6.07, 6.45) is 5.39. The molecule has 0 unspecified atom stereocenters. The van der Waals surface area contributed by atoms with Crippen molar-refractivity contribution in [1.29, 1.82) is 0 Å². The molecule has 0 spiro atoms. The molecule has 1 aliphatic rings. The van der Waals surface area contributed by atoms with Crippen molar-refractivity contribution in [2.75, 3.05) is 14.2 Å². The van der Waals surface area contributed by atoms with Crippen molar-refractivity contribution in [2.45, 2.75) is 32.6 Å². The van der Waals surface area contributed by atoms with E-state index in [1.54, 1.807) is 25.1 Å². The molecule has 0 radical (unpaired) electrons. The minimum Gasteiger partial charge on any atom is -0.506 e. The molecule has 0 amide bonds. The normalized spacial score (nSPS) is 13.7. The molecule has 0 fully saturated rings. The number of phenolic OH excluding ortho intramolecular Hbond substituents is 1. The van der Waals surface area contributed by atoms with Gasteiger partial charge in [0.2, 0.25) is 0 Å². The molecule has 0 bridgehead atoms. The van der Waals surface area contributed by atoms with E-state index in [0.717, 1.165) is 42.4 Å². The van der Waals surface area contributed by atoms with Crippen LogP contribution in [0.1, 0.15) is 35.6 Å². The van der Waals surface area contributed by atoms with Gasteiger partial charge in [0.15, 0.2) is 11.5 Å². The van der Waals surface area contributed by atoms with Crippen LogP contribution >= 0.6 is 15.9 Å². The van der Waals surface area contributed by atoms with E-state index in [1.165, 1.54) is 25.1 Å². The Bertz CT molecular complexity index is 1500. The first-order valence-corrected chi connectivity index (χ1v) is 11.4. The summed E-state index contributed by atoms with van der Waals surface area (Å²) in [4.78, 5) is 17.8. The maximum atomic E-state index is 13.3. The predicted molar refractivity (Wildman–Crippen MR) is 129 cm³/mol. The van der Waals surface area contributed by atoms with E-state index in [-0.39, 0.29) is 11.3 Å². The zero-order chi connectivity index (χ0) is 23.3. The van der Waals surface area contributed by atoms with Gasteiger partial charge in [-0.25, -0.2) is 4.98 Å². The van der Waals surface area contributed by atoms with Gasteiger partial charge in [-0.05, 0) is 54.2 Å². The summed E-state index contributed by atoms with van der Waals surface area (Å²) < 4.78 is 18.4. The Morgan fingerprint density at radius 3 is 2.67 bits per heavy atom. The van der Waals surface area contributed by atoms with E-state index in [4.69, 9.17) is 13.9 Å². The molecule has 5 rings (SSSR count). The highest BCUT2D eigenvalue weighted by Crippen LogP contribution is 2.40. The third-order valence-electron chi connectivity index (χ3n) is 6.02. The van der Waals surface area contributed by atoms with Gasteiger partial charge in [-0.1, -0.05) is 0 Å². The lowest BCUT2D eigenvalue weighted by atomic mass is 9.94. The van der Waals surface area contributed by atoms with Crippen molar-refractivity contribution >= 4 is 44.0 Å². The summed E-state index contributed by atoms with van der Waals surface area (Å²) in [6.45, 7) is 1.70. The molecule has 8 nitrogen and oxygen atoms in total. The lowest BCUT2D eigenvalue weighted by Gasteiger charge is -2.11. The second-order valence-electron chi connectivity index (χ2n) is 7.95. The molecule has 0 aliphatic heterocycles. The largest absolute Gasteiger partial charge is 0.506 e. The molecule has 0 atom stereocenters. The molecule has 2 aromatic carbocycles. The number of benzene rings is 2. The fourth-order valence-electron chi connectivity index (χ4n) is 4.41. The van der Waals surface area contributed by atoms with Crippen LogP contribution in [0.5, 0.6) is 17.2 Å². The van der Waals surface area contributed by atoms with Crippen molar-refractivity contribution < 1.29 is 19.0 Å². The van der Waals surface area contributed by atoms with Gasteiger partial charge in [-0.2, -0.15) is 9.78 Å². The molecule has 9 heteroatoms. The smallest absolute Gasteiger partial charge is 0.282 e. The van der Waals surface area contributed by atoms with Crippen molar-refractivity contribution in [3.8, 4) is 17.2 Å². The minimum atomic E-state index is -0.352. The summed E-state index contributed by atoms with van der Waals surface area (Å²) in [5.74, 6) is 2.32. The summed E-state index contributed by atoms with van der Waals surface area (Å²) in [5, 5.41) is 16.4. The molecule has 1 N–H and O–H groups in total. The number of nitrogens with zero attached hydrogens (tertiary/aromatic N) is 3. The van der Waals surface area contributed by atoms with E-state index in [2.05, 4.69) is 26.0 Å². The predicted octanol–water partition coefficient (Wildman–Crippen LogP) is 4.70. The third-order valence-corrected chi connectivity index (χ3v) is 6.63. The van der Waals surface area contributed by atoms with Gasteiger partial charge in [-0.15, -0.1) is 0 Å². The Balaban J connectivity index is 1.70. The molecule has 2 aromatic heterocycles. The van der Waals surface area contributed by atoms with E-state index < -0.39 is 0 Å². The molecular formula is C24H22BrN3O5. The summed E-state index contributed by atoms with van der Waals surface area (Å²) >= 11 is 3.40. The van der Waals surface area contributed by atoms with Crippen LogP contribution in [0.4, 0.5) is 0 Å². The number of furan rings is 1. The highest BCUT2D eigenvalue weighted by atomic mass is 79.9. The van der Waals surface area contributed by atoms with Crippen molar-refractivity contribution in [3.63, 3.8) is 0 Å². The molecule has 1 aliphatic carbocycles. The van der Waals surface area contributed by atoms with E-state index in [0.29, 0.717) is 43.8 Å². The van der Waals surface area contributed by atoms with Gasteiger partial charge in [-0.3, -0.25) is 4.79 Å². The number of aromatic hydroxyl groups is 1. The first kappa shape index (κ1) is 21.5. The van der Waals surface area contributed by atoms with E-state index in [1.807, 2.05) is 0 Å². The Morgan fingerprint density at radius 1 is 1.18 bits per heavy atom. The van der Waals surface area contributed by atoms with E-state index >= 15 is 0 Å². The topological polar surface area (TPSA) is 99.1 Å². The molecule has 0 saturated heterocycles. The molecule has 2 heterocycles. The Labute approximate surface area is 197 Å². The van der Waals surface area contributed by atoms with Crippen LogP contribution in [0.2, 0.25) is 0 Å². The average molecular weight is 512 g/mol. The lowest BCUT2D eigenvalue weighted by Crippen LogP contribution is -2.21. The summed E-state index contributed by atoms with van der Waals surface area (Å²) in [7, 11) is 3.04. The number of aromatic nitrogens is 2. The number of hydrogen-bond donors (Lipinski definition) is 1. The van der Waals surface area contributed by atoms with Crippen LogP contribution < -0.4 is 15.0 Å². The Morgan fingerprint density at radius 2 is 1.91 bits per heavy atom. The number of ether oxygens (including phenoxy) is 2. The number of halogens is 1. The van der Waals surface area contributed by atoms with Gasteiger partial charge in [0.05, 0.1) is 35.8 Å².